The lowest BCUT2D eigenvalue weighted by Gasteiger charge is -2.27. The van der Waals surface area contributed by atoms with Crippen molar-refractivity contribution >= 4 is 35.3 Å². The van der Waals surface area contributed by atoms with Gasteiger partial charge in [-0.3, -0.25) is 25.0 Å². The van der Waals surface area contributed by atoms with E-state index in [9.17, 15) is 29.6 Å². The number of barbiturate groups is 1. The molecule has 1 saturated heterocycles. The molecule has 1 fully saturated rings. The Labute approximate surface area is 176 Å². The van der Waals surface area contributed by atoms with Crippen LogP contribution in [0.3, 0.4) is 0 Å². The maximum atomic E-state index is 13.0. The number of hydrogen-bond acceptors (Lipinski definition) is 7. The maximum absolute atomic E-state index is 13.0. The summed E-state index contributed by atoms with van der Waals surface area (Å²) >= 11 is 0. The summed E-state index contributed by atoms with van der Waals surface area (Å²) < 4.78 is 4.86. The summed E-state index contributed by atoms with van der Waals surface area (Å²) in [6.07, 6.45) is 0.914. The van der Waals surface area contributed by atoms with Gasteiger partial charge in [0.15, 0.2) is 0 Å². The van der Waals surface area contributed by atoms with Crippen LogP contribution in [-0.2, 0) is 9.59 Å². The smallest absolute Gasteiger partial charge is 0.335 e. The van der Waals surface area contributed by atoms with Crippen LogP contribution in [0.2, 0.25) is 0 Å². The SMILES string of the molecule is COc1cc([N+](=O)[O-])cc(/C=C2/C(=O)NC(=O)N(c3ccc(C(C)C)cc3)C2=O)c1[O-]. The lowest BCUT2D eigenvalue weighted by molar-refractivity contribution is -0.385. The topological polar surface area (TPSA) is 142 Å². The molecule has 10 nitrogen and oxygen atoms in total. The van der Waals surface area contributed by atoms with Gasteiger partial charge in [-0.2, -0.15) is 0 Å². The molecule has 31 heavy (non-hydrogen) atoms. The van der Waals surface area contributed by atoms with E-state index >= 15 is 0 Å². The van der Waals surface area contributed by atoms with Crippen LogP contribution >= 0.6 is 0 Å². The van der Waals surface area contributed by atoms with Gasteiger partial charge in [0.05, 0.1) is 23.8 Å². The zero-order valence-electron chi connectivity index (χ0n) is 16.9. The highest BCUT2D eigenvalue weighted by Gasteiger charge is 2.37. The second-order valence-electron chi connectivity index (χ2n) is 7.03. The molecular formula is C21H18N3O7-. The number of nitro groups is 1. The monoisotopic (exact) mass is 424 g/mol. The first-order valence-electron chi connectivity index (χ1n) is 9.19. The fourth-order valence-electron chi connectivity index (χ4n) is 3.03. The number of imide groups is 2. The van der Waals surface area contributed by atoms with Crippen molar-refractivity contribution in [3.8, 4) is 11.5 Å². The van der Waals surface area contributed by atoms with Gasteiger partial charge in [-0.15, -0.1) is 0 Å². The maximum Gasteiger partial charge on any atom is 0.335 e. The quantitative estimate of drug-likeness (QED) is 0.336. The molecule has 0 aliphatic carbocycles. The molecule has 10 heteroatoms. The number of carbonyl (C=O) groups is 3. The Hall–Kier alpha value is -4.21. The standard InChI is InChI=1S/C21H19N3O7/c1-11(2)12-4-6-14(7-5-12)23-20(27)16(19(26)22-21(23)28)9-13-8-15(24(29)30)10-17(31-3)18(13)25/h4-11,25H,1-3H3,(H,22,26,28)/p-1/b16-9-. The number of nitro benzene ring substituents is 1. The van der Waals surface area contributed by atoms with Crippen LogP contribution in [0.15, 0.2) is 42.0 Å². The molecule has 1 aliphatic rings. The third kappa shape index (κ3) is 4.08. The molecule has 1 aliphatic heterocycles. The van der Waals surface area contributed by atoms with Crippen LogP contribution in [0, 0.1) is 10.1 Å². The van der Waals surface area contributed by atoms with Gasteiger partial charge in [-0.05, 0) is 35.3 Å². The molecule has 0 bridgehead atoms. The molecule has 3 rings (SSSR count). The number of benzene rings is 2. The summed E-state index contributed by atoms with van der Waals surface area (Å²) in [4.78, 5) is 48.8. The molecule has 0 aromatic heterocycles. The summed E-state index contributed by atoms with van der Waals surface area (Å²) in [6.45, 7) is 3.97. The Kier molecular flexibility index (Phi) is 5.73. The highest BCUT2D eigenvalue weighted by atomic mass is 16.6. The van der Waals surface area contributed by atoms with Gasteiger partial charge in [-0.25, -0.2) is 9.69 Å². The van der Waals surface area contributed by atoms with Crippen LogP contribution < -0.4 is 20.1 Å². The van der Waals surface area contributed by atoms with Gasteiger partial charge in [0, 0.05) is 6.07 Å². The van der Waals surface area contributed by atoms with Crippen molar-refractivity contribution in [3.63, 3.8) is 0 Å². The average Bonchev–Trinajstić information content (AvgIpc) is 2.72. The third-order valence-corrected chi connectivity index (χ3v) is 4.72. The molecule has 1 heterocycles. The molecule has 4 amide bonds. The van der Waals surface area contributed by atoms with Crippen molar-refractivity contribution in [3.05, 3.63) is 63.2 Å². The highest BCUT2D eigenvalue weighted by Crippen LogP contribution is 2.34. The minimum Gasteiger partial charge on any atom is -0.870 e. The molecule has 2 aromatic carbocycles. The summed E-state index contributed by atoms with van der Waals surface area (Å²) in [6, 6.07) is 7.56. The average molecular weight is 424 g/mol. The Bertz CT molecular complexity index is 1120. The van der Waals surface area contributed by atoms with E-state index < -0.39 is 39.8 Å². The number of carbonyl (C=O) groups excluding carboxylic acids is 3. The van der Waals surface area contributed by atoms with Gasteiger partial charge >= 0.3 is 6.03 Å². The highest BCUT2D eigenvalue weighted by molar-refractivity contribution is 6.39. The number of non-ortho nitro benzene ring substituents is 1. The molecule has 1 N–H and O–H groups in total. The molecule has 0 spiro atoms. The first-order valence-corrected chi connectivity index (χ1v) is 9.19. The summed E-state index contributed by atoms with van der Waals surface area (Å²) in [5.41, 5.74) is -0.0604. The zero-order valence-corrected chi connectivity index (χ0v) is 16.9. The van der Waals surface area contributed by atoms with Gasteiger partial charge in [0.25, 0.3) is 17.5 Å². The van der Waals surface area contributed by atoms with Crippen molar-refractivity contribution in [1.82, 2.24) is 5.32 Å². The van der Waals surface area contributed by atoms with Gasteiger partial charge in [0.1, 0.15) is 11.3 Å². The molecule has 0 unspecified atom stereocenters. The molecule has 0 saturated carbocycles. The first-order chi connectivity index (χ1) is 14.6. The third-order valence-electron chi connectivity index (χ3n) is 4.72. The second kappa shape index (κ2) is 8.27. The van der Waals surface area contributed by atoms with Crippen LogP contribution in [0.1, 0.15) is 30.9 Å². The van der Waals surface area contributed by atoms with E-state index in [4.69, 9.17) is 4.74 Å². The van der Waals surface area contributed by atoms with Crippen LogP contribution in [0.25, 0.3) is 6.08 Å². The predicted molar refractivity (Wildman–Crippen MR) is 109 cm³/mol. The number of urea groups is 1. The largest absolute Gasteiger partial charge is 0.870 e. The van der Waals surface area contributed by atoms with E-state index in [1.807, 2.05) is 19.2 Å². The van der Waals surface area contributed by atoms with E-state index in [2.05, 4.69) is 0 Å². The fourth-order valence-corrected chi connectivity index (χ4v) is 3.03. The van der Waals surface area contributed by atoms with E-state index in [-0.39, 0.29) is 22.9 Å². The van der Waals surface area contributed by atoms with Gasteiger partial charge in [0.2, 0.25) is 0 Å². The molecular weight excluding hydrogens is 406 g/mol. The van der Waals surface area contributed by atoms with Crippen LogP contribution in [0.5, 0.6) is 11.5 Å². The second-order valence-corrected chi connectivity index (χ2v) is 7.03. The number of amides is 4. The lowest BCUT2D eigenvalue weighted by Crippen LogP contribution is -2.54. The minimum absolute atomic E-state index is 0.226. The molecule has 0 atom stereocenters. The number of rotatable bonds is 5. The number of hydrogen-bond donors (Lipinski definition) is 1. The van der Waals surface area contributed by atoms with Crippen LogP contribution in [-0.4, -0.2) is 29.9 Å². The van der Waals surface area contributed by atoms with Crippen molar-refractivity contribution < 1.29 is 29.2 Å². The number of anilines is 1. The fraction of sp³-hybridized carbons (Fsp3) is 0.190. The Morgan fingerprint density at radius 2 is 1.77 bits per heavy atom. The lowest BCUT2D eigenvalue weighted by atomic mass is 10.0. The van der Waals surface area contributed by atoms with Crippen molar-refractivity contribution in [2.24, 2.45) is 0 Å². The van der Waals surface area contributed by atoms with E-state index in [1.165, 1.54) is 0 Å². The molecule has 160 valence electrons. The predicted octanol–water partition coefficient (Wildman–Crippen LogP) is 2.47. The zero-order chi connectivity index (χ0) is 22.9. The van der Waals surface area contributed by atoms with Gasteiger partial charge in [-0.1, -0.05) is 31.7 Å². The van der Waals surface area contributed by atoms with E-state index in [1.54, 1.807) is 24.3 Å². The normalized spacial score (nSPS) is 15.4. The van der Waals surface area contributed by atoms with Crippen LogP contribution in [0.4, 0.5) is 16.2 Å². The van der Waals surface area contributed by atoms with Crippen molar-refractivity contribution in [2.45, 2.75) is 19.8 Å². The molecule has 2 aromatic rings. The number of ether oxygens (including phenoxy) is 1. The molecule has 0 radical (unpaired) electrons. The van der Waals surface area contributed by atoms with Crippen molar-refractivity contribution in [2.75, 3.05) is 12.0 Å². The Morgan fingerprint density at radius 1 is 1.13 bits per heavy atom. The minimum atomic E-state index is -1.02. The number of nitrogens with one attached hydrogen (secondary N) is 1. The summed E-state index contributed by atoms with van der Waals surface area (Å²) in [7, 11) is 1.16. The summed E-state index contributed by atoms with van der Waals surface area (Å²) in [5.74, 6) is -2.81. The summed E-state index contributed by atoms with van der Waals surface area (Å²) in [5, 5.41) is 25.6. The van der Waals surface area contributed by atoms with E-state index in [0.717, 1.165) is 35.8 Å². The number of methoxy groups -OCH3 is 1. The first kappa shape index (κ1) is 21.5. The Morgan fingerprint density at radius 3 is 2.32 bits per heavy atom. The van der Waals surface area contributed by atoms with Gasteiger partial charge < -0.3 is 9.84 Å². The van der Waals surface area contributed by atoms with Crippen molar-refractivity contribution in [1.29, 1.82) is 0 Å². The van der Waals surface area contributed by atoms with E-state index in [0.29, 0.717) is 0 Å². The Balaban J connectivity index is 2.07. The number of nitrogens with zero attached hydrogens (tertiary/aromatic N) is 2.